The number of hydrogen-bond acceptors (Lipinski definition) is 6. The summed E-state index contributed by atoms with van der Waals surface area (Å²) in [5.74, 6) is -10.8. The fourth-order valence-corrected chi connectivity index (χ4v) is 3.29. The summed E-state index contributed by atoms with van der Waals surface area (Å²) in [4.78, 5) is 14.8. The Morgan fingerprint density at radius 3 is 1.05 bits per heavy atom. The van der Waals surface area contributed by atoms with Crippen LogP contribution in [0, 0.1) is 10.1 Å². The molecule has 0 aliphatic rings. The quantitative estimate of drug-likeness (QED) is 0.206. The topological polar surface area (TPSA) is 93.8 Å². The van der Waals surface area contributed by atoms with E-state index in [0.717, 1.165) is 0 Å². The summed E-state index contributed by atoms with van der Waals surface area (Å²) in [6.45, 7) is 0. The highest BCUT2D eigenvalue weighted by atomic mass is 19.4. The molecule has 1 N–H and O–H groups in total. The van der Waals surface area contributed by atoms with Crippen LogP contribution in [0.5, 0.6) is 0 Å². The van der Waals surface area contributed by atoms with Crippen LogP contribution in [0.3, 0.4) is 0 Å². The van der Waals surface area contributed by atoms with Gasteiger partial charge in [-0.15, -0.1) is 0 Å². The Balaban J connectivity index is 3.23. The van der Waals surface area contributed by atoms with Crippen molar-refractivity contribution in [2.24, 2.45) is 0 Å². The normalized spacial score (nSPS) is 14.6. The highest BCUT2D eigenvalue weighted by Gasteiger charge is 2.89. The van der Waals surface area contributed by atoms with E-state index < -0.39 is 81.8 Å². The summed E-state index contributed by atoms with van der Waals surface area (Å²) in [7, 11) is 0. The molecule has 2 aromatic rings. The summed E-state index contributed by atoms with van der Waals surface area (Å²) in [5.41, 5.74) is -17.0. The van der Waals surface area contributed by atoms with Gasteiger partial charge in [-0.3, -0.25) is 10.1 Å². The average Bonchev–Trinajstić information content (AvgIpc) is 2.68. The maximum atomic E-state index is 13.6. The Kier molecular flexibility index (Phi) is 8.08. The standard InChI is InChI=1S/C17H5F18N5O2/c18-12(19,20)10(13(21,22)23,14(24,25)26)7-37-8(11(15(27,28)29,16(30,31)32)17(33,34)35)39-9(38-7)36-5-1-3-6(4-2-5)40(41)42/h1-4H,(H,36,37,38,39). The molecule has 0 amide bonds. The van der Waals surface area contributed by atoms with Gasteiger partial charge in [-0.05, 0) is 12.1 Å². The van der Waals surface area contributed by atoms with E-state index in [2.05, 4.69) is 0 Å². The third kappa shape index (κ3) is 5.27. The van der Waals surface area contributed by atoms with Gasteiger partial charge in [-0.25, -0.2) is 4.98 Å². The smallest absolute Gasteiger partial charge is 0.324 e. The fraction of sp³-hybridized carbons (Fsp3) is 0.471. The number of aromatic nitrogens is 3. The molecule has 42 heavy (non-hydrogen) atoms. The van der Waals surface area contributed by atoms with Crippen molar-refractivity contribution < 1.29 is 84.0 Å². The number of nitrogens with zero attached hydrogens (tertiary/aromatic N) is 4. The van der Waals surface area contributed by atoms with Gasteiger partial charge in [0.05, 0.1) is 4.92 Å². The summed E-state index contributed by atoms with van der Waals surface area (Å²) in [6.07, 6.45) is -46.9. The van der Waals surface area contributed by atoms with Crippen LogP contribution in [0.4, 0.5) is 96.4 Å². The van der Waals surface area contributed by atoms with Crippen LogP contribution in [-0.4, -0.2) is 56.9 Å². The molecule has 0 spiro atoms. The highest BCUT2D eigenvalue weighted by molar-refractivity contribution is 5.56. The lowest BCUT2D eigenvalue weighted by Gasteiger charge is -2.39. The van der Waals surface area contributed by atoms with Crippen LogP contribution in [0.2, 0.25) is 0 Å². The Morgan fingerprint density at radius 1 is 0.524 bits per heavy atom. The lowest BCUT2D eigenvalue weighted by atomic mass is 9.82. The van der Waals surface area contributed by atoms with Gasteiger partial charge in [-0.2, -0.15) is 89.0 Å². The predicted octanol–water partition coefficient (Wildman–Crippen LogP) is 7.37. The van der Waals surface area contributed by atoms with Crippen molar-refractivity contribution in [1.29, 1.82) is 0 Å². The number of nitro groups is 1. The minimum atomic E-state index is -7.82. The van der Waals surface area contributed by atoms with E-state index in [1.54, 1.807) is 0 Å². The largest absolute Gasteiger partial charge is 0.419 e. The summed E-state index contributed by atoms with van der Waals surface area (Å²) in [6, 6.07) is 1.58. The van der Waals surface area contributed by atoms with Crippen LogP contribution in [0.15, 0.2) is 24.3 Å². The van der Waals surface area contributed by atoms with Gasteiger partial charge in [0.2, 0.25) is 5.95 Å². The van der Waals surface area contributed by atoms with E-state index >= 15 is 0 Å². The van der Waals surface area contributed by atoms with Crippen molar-refractivity contribution >= 4 is 17.3 Å². The molecule has 0 fully saturated rings. The Bertz CT molecular complexity index is 1160. The molecule has 0 saturated heterocycles. The van der Waals surface area contributed by atoms with E-state index in [1.807, 2.05) is 9.97 Å². The first-order valence-corrected chi connectivity index (χ1v) is 9.65. The van der Waals surface area contributed by atoms with E-state index in [-0.39, 0.29) is 0 Å². The van der Waals surface area contributed by atoms with Gasteiger partial charge in [0.1, 0.15) is 0 Å². The molecule has 1 aromatic heterocycles. The number of benzene rings is 1. The number of halogens is 18. The van der Waals surface area contributed by atoms with Crippen molar-refractivity contribution in [3.8, 4) is 0 Å². The number of anilines is 2. The lowest BCUT2D eigenvalue weighted by Crippen LogP contribution is -2.66. The first-order chi connectivity index (χ1) is 18.5. The van der Waals surface area contributed by atoms with Crippen LogP contribution in [-0.2, 0) is 10.8 Å². The molecule has 0 atom stereocenters. The molecular weight excluding hydrogens is 648 g/mol. The second-order valence-electron chi connectivity index (χ2n) is 7.72. The first kappa shape index (κ1) is 34.4. The van der Waals surface area contributed by atoms with Crippen LogP contribution in [0.25, 0.3) is 0 Å². The van der Waals surface area contributed by atoms with Crippen molar-refractivity contribution in [1.82, 2.24) is 15.0 Å². The van der Waals surface area contributed by atoms with Gasteiger partial charge in [0.15, 0.2) is 11.6 Å². The van der Waals surface area contributed by atoms with Gasteiger partial charge < -0.3 is 5.32 Å². The lowest BCUT2D eigenvalue weighted by molar-refractivity contribution is -0.391. The monoisotopic (exact) mass is 653 g/mol. The first-order valence-electron chi connectivity index (χ1n) is 9.65. The van der Waals surface area contributed by atoms with Gasteiger partial charge in [0.25, 0.3) is 5.69 Å². The van der Waals surface area contributed by atoms with Gasteiger partial charge >= 0.3 is 47.9 Å². The minimum Gasteiger partial charge on any atom is -0.324 e. The third-order valence-electron chi connectivity index (χ3n) is 5.19. The predicted molar refractivity (Wildman–Crippen MR) is 95.9 cm³/mol. The number of nitro benzene ring substituents is 1. The fourth-order valence-electron chi connectivity index (χ4n) is 3.29. The second-order valence-corrected chi connectivity index (χ2v) is 7.72. The van der Waals surface area contributed by atoms with E-state index in [0.29, 0.717) is 24.3 Å². The Labute approximate surface area is 216 Å². The highest BCUT2D eigenvalue weighted by Crippen LogP contribution is 2.62. The molecule has 0 bridgehead atoms. The van der Waals surface area contributed by atoms with E-state index in [9.17, 15) is 89.1 Å². The molecule has 2 rings (SSSR count). The molecule has 0 unspecified atom stereocenters. The Hall–Kier alpha value is -3.83. The van der Waals surface area contributed by atoms with Crippen molar-refractivity contribution in [2.75, 3.05) is 5.32 Å². The summed E-state index contributed by atoms with van der Waals surface area (Å²) < 4.78 is 244. The van der Waals surface area contributed by atoms with Crippen molar-refractivity contribution in [2.45, 2.75) is 47.9 Å². The van der Waals surface area contributed by atoms with Crippen molar-refractivity contribution in [3.05, 3.63) is 46.0 Å². The number of hydrogen-bond donors (Lipinski definition) is 1. The zero-order chi connectivity index (χ0) is 33.1. The van der Waals surface area contributed by atoms with Crippen LogP contribution < -0.4 is 5.32 Å². The molecule has 0 aliphatic carbocycles. The molecule has 0 radical (unpaired) electrons. The maximum Gasteiger partial charge on any atom is 0.419 e. The Morgan fingerprint density at radius 2 is 0.810 bits per heavy atom. The number of non-ortho nitro benzene ring substituents is 1. The average molecular weight is 653 g/mol. The molecule has 0 aliphatic heterocycles. The summed E-state index contributed by atoms with van der Waals surface area (Å²) >= 11 is 0. The van der Waals surface area contributed by atoms with Gasteiger partial charge in [-0.1, -0.05) is 0 Å². The minimum absolute atomic E-state index is 0.371. The molecular formula is C17H5F18N5O2. The van der Waals surface area contributed by atoms with Gasteiger partial charge in [0, 0.05) is 17.8 Å². The SMILES string of the molecule is O=[N+]([O-])c1ccc(Nc2nc(C(C(F)(F)F)(C(F)(F)F)C(F)(F)F)nc(C(C(F)(F)F)(C(F)(F)F)C(F)(F)F)n2)cc1. The van der Waals surface area contributed by atoms with Crippen LogP contribution >= 0.6 is 0 Å². The molecule has 236 valence electrons. The number of alkyl halides is 18. The molecule has 1 aromatic carbocycles. The molecule has 0 saturated carbocycles. The molecule has 7 nitrogen and oxygen atoms in total. The zero-order valence-electron chi connectivity index (χ0n) is 18.7. The van der Waals surface area contributed by atoms with E-state index in [1.165, 1.54) is 10.3 Å². The third-order valence-corrected chi connectivity index (χ3v) is 5.19. The summed E-state index contributed by atoms with van der Waals surface area (Å²) in [5, 5.41) is 11.9. The zero-order valence-corrected chi connectivity index (χ0v) is 18.7. The van der Waals surface area contributed by atoms with Crippen molar-refractivity contribution in [3.63, 3.8) is 0 Å². The molecule has 1 heterocycles. The number of nitrogens with one attached hydrogen (secondary N) is 1. The number of rotatable bonds is 5. The maximum absolute atomic E-state index is 13.6. The second kappa shape index (κ2) is 9.88. The molecule has 25 heteroatoms. The van der Waals surface area contributed by atoms with Crippen LogP contribution in [0.1, 0.15) is 11.6 Å². The van der Waals surface area contributed by atoms with E-state index in [4.69, 9.17) is 0 Å².